The van der Waals surface area contributed by atoms with E-state index in [4.69, 9.17) is 0 Å². The van der Waals surface area contributed by atoms with Gasteiger partial charge in [0.2, 0.25) is 6.41 Å². The second kappa shape index (κ2) is 4.44. The molecular weight excluding hydrogens is 206 g/mol. The number of hydroxylamine groups is 1. The van der Waals surface area contributed by atoms with Gasteiger partial charge in [-0.15, -0.1) is 0 Å². The Morgan fingerprint density at radius 1 is 1.12 bits per heavy atom. The van der Waals surface area contributed by atoms with Crippen LogP contribution in [-0.4, -0.2) is 12.4 Å². The van der Waals surface area contributed by atoms with Crippen molar-refractivity contribution in [2.75, 3.05) is 0 Å². The van der Waals surface area contributed by atoms with E-state index in [2.05, 4.69) is 4.84 Å². The molecule has 2 aromatic carbocycles. The zero-order valence-corrected chi connectivity index (χ0v) is 8.34. The van der Waals surface area contributed by atoms with E-state index in [0.717, 1.165) is 10.8 Å². The van der Waals surface area contributed by atoms with Crippen LogP contribution in [0.3, 0.4) is 0 Å². The predicted molar refractivity (Wildman–Crippen MR) is 58.6 cm³/mol. The van der Waals surface area contributed by atoms with Crippen LogP contribution in [0.4, 0.5) is 0 Å². The summed E-state index contributed by atoms with van der Waals surface area (Å²) in [6.07, 6.45) is 0.309. The molecule has 0 spiro atoms. The third-order valence-electron chi connectivity index (χ3n) is 2.21. The monoisotopic (exact) mass is 215 g/mol. The molecule has 0 aromatic heterocycles. The molecule has 80 valence electrons. The number of benzene rings is 2. The van der Waals surface area contributed by atoms with Crippen LogP contribution >= 0.6 is 0 Å². The Kier molecular flexibility index (Phi) is 2.82. The molecular formula is C12H9NO3. The number of carbonyl (C=O) groups excluding carboxylic acids is 2. The van der Waals surface area contributed by atoms with Gasteiger partial charge in [0.15, 0.2) is 0 Å². The van der Waals surface area contributed by atoms with Gasteiger partial charge in [-0.05, 0) is 16.8 Å². The standard InChI is InChI=1S/C12H9NO3/c14-8-13-16-12(15)11-7-3-5-9-4-1-2-6-10(9)11/h1-8H,(H,13,14). The molecule has 0 radical (unpaired) electrons. The molecule has 0 aliphatic heterocycles. The largest absolute Gasteiger partial charge is 0.363 e. The van der Waals surface area contributed by atoms with E-state index in [0.29, 0.717) is 12.0 Å². The smallest absolute Gasteiger partial charge is 0.336 e. The average molecular weight is 215 g/mol. The Morgan fingerprint density at radius 2 is 1.88 bits per heavy atom. The molecule has 0 saturated heterocycles. The molecule has 0 bridgehead atoms. The third kappa shape index (κ3) is 1.86. The zero-order valence-electron chi connectivity index (χ0n) is 8.34. The van der Waals surface area contributed by atoms with E-state index in [1.165, 1.54) is 0 Å². The summed E-state index contributed by atoms with van der Waals surface area (Å²) in [6.45, 7) is 0. The van der Waals surface area contributed by atoms with Crippen molar-refractivity contribution in [2.45, 2.75) is 0 Å². The van der Waals surface area contributed by atoms with E-state index in [9.17, 15) is 9.59 Å². The Bertz CT molecular complexity index is 531. The van der Waals surface area contributed by atoms with Crippen molar-refractivity contribution >= 4 is 23.2 Å². The minimum atomic E-state index is -0.580. The molecule has 1 amide bonds. The lowest BCUT2D eigenvalue weighted by Crippen LogP contribution is -2.18. The van der Waals surface area contributed by atoms with Crippen LogP contribution in [0.5, 0.6) is 0 Å². The fourth-order valence-corrected chi connectivity index (χ4v) is 1.54. The molecule has 0 unspecified atom stereocenters. The van der Waals surface area contributed by atoms with Gasteiger partial charge in [0.1, 0.15) is 0 Å². The van der Waals surface area contributed by atoms with E-state index >= 15 is 0 Å². The lowest BCUT2D eigenvalue weighted by molar-refractivity contribution is -0.117. The van der Waals surface area contributed by atoms with Crippen LogP contribution < -0.4 is 5.48 Å². The van der Waals surface area contributed by atoms with Gasteiger partial charge in [0.05, 0.1) is 5.56 Å². The van der Waals surface area contributed by atoms with Gasteiger partial charge in [-0.3, -0.25) is 4.79 Å². The number of nitrogens with one attached hydrogen (secondary N) is 1. The summed E-state index contributed by atoms with van der Waals surface area (Å²) in [7, 11) is 0. The van der Waals surface area contributed by atoms with Crippen molar-refractivity contribution in [1.29, 1.82) is 0 Å². The normalized spacial score (nSPS) is 9.75. The maximum atomic E-state index is 11.6. The summed E-state index contributed by atoms with van der Waals surface area (Å²) in [5, 5.41) is 1.74. The first-order valence-corrected chi connectivity index (χ1v) is 4.71. The SMILES string of the molecule is O=CNOC(=O)c1cccc2ccccc12. The predicted octanol–water partition coefficient (Wildman–Crippen LogP) is 1.66. The van der Waals surface area contributed by atoms with Crippen LogP contribution in [-0.2, 0) is 9.63 Å². The van der Waals surface area contributed by atoms with Gasteiger partial charge in [-0.25, -0.2) is 4.79 Å². The van der Waals surface area contributed by atoms with Crippen LogP contribution in [0.2, 0.25) is 0 Å². The molecule has 0 fully saturated rings. The minimum absolute atomic E-state index is 0.309. The number of fused-ring (bicyclic) bond motifs is 1. The second-order valence-electron chi connectivity index (χ2n) is 3.15. The number of hydrogen-bond acceptors (Lipinski definition) is 3. The highest BCUT2D eigenvalue weighted by molar-refractivity contribution is 6.04. The Balaban J connectivity index is 2.44. The summed E-state index contributed by atoms with van der Waals surface area (Å²) in [5.74, 6) is -0.580. The van der Waals surface area contributed by atoms with Crippen molar-refractivity contribution in [1.82, 2.24) is 5.48 Å². The number of hydrogen-bond donors (Lipinski definition) is 1. The van der Waals surface area contributed by atoms with Gasteiger partial charge in [0, 0.05) is 0 Å². The first kappa shape index (κ1) is 10.2. The summed E-state index contributed by atoms with van der Waals surface area (Å²) < 4.78 is 0. The molecule has 0 atom stereocenters. The molecule has 2 rings (SSSR count). The number of carbonyl (C=O) groups is 2. The van der Waals surface area contributed by atoms with Gasteiger partial charge in [-0.2, -0.15) is 5.48 Å². The van der Waals surface area contributed by atoms with Gasteiger partial charge < -0.3 is 4.84 Å². The molecule has 4 nitrogen and oxygen atoms in total. The summed E-state index contributed by atoms with van der Waals surface area (Å²) in [4.78, 5) is 26.1. The highest BCUT2D eigenvalue weighted by Crippen LogP contribution is 2.18. The van der Waals surface area contributed by atoms with Crippen molar-refractivity contribution in [3.8, 4) is 0 Å². The van der Waals surface area contributed by atoms with Crippen molar-refractivity contribution < 1.29 is 14.4 Å². The Labute approximate surface area is 91.8 Å². The zero-order chi connectivity index (χ0) is 11.4. The maximum Gasteiger partial charge on any atom is 0.363 e. The molecule has 1 N–H and O–H groups in total. The van der Waals surface area contributed by atoms with Crippen LogP contribution in [0.25, 0.3) is 10.8 Å². The molecule has 2 aromatic rings. The van der Waals surface area contributed by atoms with Crippen LogP contribution in [0.15, 0.2) is 42.5 Å². The quantitative estimate of drug-likeness (QED) is 0.625. The highest BCUT2D eigenvalue weighted by atomic mass is 16.7. The maximum absolute atomic E-state index is 11.6. The third-order valence-corrected chi connectivity index (χ3v) is 2.21. The molecule has 16 heavy (non-hydrogen) atoms. The number of amides is 1. The van der Waals surface area contributed by atoms with Crippen molar-refractivity contribution in [2.24, 2.45) is 0 Å². The highest BCUT2D eigenvalue weighted by Gasteiger charge is 2.10. The lowest BCUT2D eigenvalue weighted by Gasteiger charge is -2.04. The van der Waals surface area contributed by atoms with Crippen LogP contribution in [0, 0.1) is 0 Å². The molecule has 0 aliphatic carbocycles. The Hall–Kier alpha value is -2.36. The molecule has 0 saturated carbocycles. The van der Waals surface area contributed by atoms with Gasteiger partial charge in [0.25, 0.3) is 0 Å². The van der Waals surface area contributed by atoms with Gasteiger partial charge >= 0.3 is 5.97 Å². The second-order valence-corrected chi connectivity index (χ2v) is 3.15. The van der Waals surface area contributed by atoms with Gasteiger partial charge in [-0.1, -0.05) is 36.4 Å². The van der Waals surface area contributed by atoms with E-state index in [1.807, 2.05) is 35.8 Å². The lowest BCUT2D eigenvalue weighted by atomic mass is 10.1. The van der Waals surface area contributed by atoms with Crippen LogP contribution in [0.1, 0.15) is 10.4 Å². The minimum Gasteiger partial charge on any atom is -0.336 e. The summed E-state index contributed by atoms with van der Waals surface area (Å²) >= 11 is 0. The van der Waals surface area contributed by atoms with E-state index in [1.54, 1.807) is 12.1 Å². The molecule has 0 aliphatic rings. The van der Waals surface area contributed by atoms with Crippen molar-refractivity contribution in [3.05, 3.63) is 48.0 Å². The molecule has 0 heterocycles. The fourth-order valence-electron chi connectivity index (χ4n) is 1.54. The summed E-state index contributed by atoms with van der Waals surface area (Å²) in [5.41, 5.74) is 2.30. The van der Waals surface area contributed by atoms with E-state index in [-0.39, 0.29) is 0 Å². The molecule has 4 heteroatoms. The summed E-state index contributed by atoms with van der Waals surface area (Å²) in [6, 6.07) is 12.8. The number of rotatable bonds is 3. The Morgan fingerprint density at radius 3 is 2.69 bits per heavy atom. The first-order chi connectivity index (χ1) is 7.83. The average Bonchev–Trinajstić information content (AvgIpc) is 2.35. The topological polar surface area (TPSA) is 55.4 Å². The first-order valence-electron chi connectivity index (χ1n) is 4.71. The van der Waals surface area contributed by atoms with Crippen molar-refractivity contribution in [3.63, 3.8) is 0 Å². The van der Waals surface area contributed by atoms with E-state index < -0.39 is 5.97 Å². The fraction of sp³-hybridized carbons (Fsp3) is 0.